The van der Waals surface area contributed by atoms with Crippen LogP contribution in [0.3, 0.4) is 0 Å². The Morgan fingerprint density at radius 1 is 0.963 bits per heavy atom. The van der Waals surface area contributed by atoms with Gasteiger partial charge in [-0.25, -0.2) is 0 Å². The van der Waals surface area contributed by atoms with Crippen LogP contribution >= 0.6 is 0 Å². The fourth-order valence-electron chi connectivity index (χ4n) is 4.06. The number of allylic oxidation sites excluding steroid dienone is 2. The maximum Gasteiger partial charge on any atom is 0.0991 e. The first-order valence-corrected chi connectivity index (χ1v) is 11.1. The van der Waals surface area contributed by atoms with E-state index in [0.717, 1.165) is 37.5 Å². The van der Waals surface area contributed by atoms with Crippen molar-refractivity contribution < 1.29 is 4.74 Å². The number of nitriles is 1. The monoisotopic (exact) mass is 367 g/mol. The van der Waals surface area contributed by atoms with Crippen LogP contribution in [-0.4, -0.2) is 13.2 Å². The molecule has 0 heterocycles. The molecule has 27 heavy (non-hydrogen) atoms. The molecule has 0 spiro atoms. The lowest BCUT2D eigenvalue weighted by Crippen LogP contribution is -2.13. The molecule has 0 N–H and O–H groups in total. The van der Waals surface area contributed by atoms with Gasteiger partial charge >= 0.3 is 0 Å². The predicted molar refractivity (Wildman–Crippen MR) is 114 cm³/mol. The molecular formula is C25H37NO. The Labute approximate surface area is 166 Å². The lowest BCUT2D eigenvalue weighted by molar-refractivity contribution is 0.126. The zero-order valence-electron chi connectivity index (χ0n) is 17.2. The molecule has 1 fully saturated rings. The fraction of sp³-hybridized carbons (Fsp3) is 0.640. The first-order chi connectivity index (χ1) is 13.3. The van der Waals surface area contributed by atoms with Crippen LogP contribution in [0.2, 0.25) is 0 Å². The van der Waals surface area contributed by atoms with Gasteiger partial charge in [0.05, 0.1) is 11.6 Å². The van der Waals surface area contributed by atoms with Gasteiger partial charge in [-0.1, -0.05) is 50.5 Å². The van der Waals surface area contributed by atoms with Crippen LogP contribution < -0.4 is 0 Å². The summed E-state index contributed by atoms with van der Waals surface area (Å²) >= 11 is 0. The summed E-state index contributed by atoms with van der Waals surface area (Å²) in [5, 5.41) is 8.91. The Morgan fingerprint density at radius 2 is 1.67 bits per heavy atom. The summed E-state index contributed by atoms with van der Waals surface area (Å²) in [6, 6.07) is 10.4. The van der Waals surface area contributed by atoms with E-state index in [-0.39, 0.29) is 0 Å². The molecule has 2 nitrogen and oxygen atoms in total. The first kappa shape index (κ1) is 21.7. The Hall–Kier alpha value is -1.59. The Kier molecular flexibility index (Phi) is 10.9. The molecule has 0 amide bonds. The molecule has 1 aliphatic rings. The van der Waals surface area contributed by atoms with Crippen molar-refractivity contribution in [2.45, 2.75) is 83.5 Å². The maximum absolute atomic E-state index is 8.91. The summed E-state index contributed by atoms with van der Waals surface area (Å²) in [6.45, 7) is 4.06. The minimum absolute atomic E-state index is 0.698. The standard InChI is InChI=1S/C25H37NO/c1-2-3-4-5-6-8-19-27-20-9-7-10-22-11-15-24(16-12-22)25-17-13-23(21-26)14-18-25/h4-5,13-14,17-18,22,24H,2-3,6-12,15-16,19-20H2,1H3/b5-4+. The number of ether oxygens (including phenoxy) is 1. The van der Waals surface area contributed by atoms with Crippen molar-refractivity contribution in [3.63, 3.8) is 0 Å². The lowest BCUT2D eigenvalue weighted by atomic mass is 9.77. The van der Waals surface area contributed by atoms with Gasteiger partial charge in [-0.3, -0.25) is 0 Å². The molecule has 0 aromatic heterocycles. The normalized spacial score (nSPS) is 20.0. The topological polar surface area (TPSA) is 33.0 Å². The van der Waals surface area contributed by atoms with Gasteiger partial charge in [-0.15, -0.1) is 0 Å². The van der Waals surface area contributed by atoms with Crippen molar-refractivity contribution in [2.75, 3.05) is 13.2 Å². The van der Waals surface area contributed by atoms with Gasteiger partial charge in [-0.2, -0.15) is 5.26 Å². The van der Waals surface area contributed by atoms with Crippen molar-refractivity contribution in [3.05, 3.63) is 47.5 Å². The molecule has 0 saturated heterocycles. The predicted octanol–water partition coefficient (Wildman–Crippen LogP) is 7.16. The summed E-state index contributed by atoms with van der Waals surface area (Å²) in [5.41, 5.74) is 2.19. The molecule has 1 aromatic rings. The fourth-order valence-corrected chi connectivity index (χ4v) is 4.06. The SMILES string of the molecule is CCC/C=C/CCCOCCCCC1CCC(c2ccc(C#N)cc2)CC1. The molecule has 0 aliphatic heterocycles. The van der Waals surface area contributed by atoms with E-state index in [2.05, 4.69) is 37.3 Å². The first-order valence-electron chi connectivity index (χ1n) is 11.1. The lowest BCUT2D eigenvalue weighted by Gasteiger charge is -2.29. The van der Waals surface area contributed by atoms with Gasteiger partial charge in [0.2, 0.25) is 0 Å². The second-order valence-electron chi connectivity index (χ2n) is 7.96. The van der Waals surface area contributed by atoms with Gasteiger partial charge < -0.3 is 4.74 Å². The maximum atomic E-state index is 8.91. The van der Waals surface area contributed by atoms with E-state index >= 15 is 0 Å². The van der Waals surface area contributed by atoms with Crippen molar-refractivity contribution in [2.24, 2.45) is 5.92 Å². The van der Waals surface area contributed by atoms with Gasteiger partial charge in [0.15, 0.2) is 0 Å². The third kappa shape index (κ3) is 8.76. The quantitative estimate of drug-likeness (QED) is 0.290. The van der Waals surface area contributed by atoms with E-state index in [4.69, 9.17) is 10.00 Å². The summed E-state index contributed by atoms with van der Waals surface area (Å²) in [4.78, 5) is 0. The van der Waals surface area contributed by atoms with E-state index in [0.29, 0.717) is 5.92 Å². The van der Waals surface area contributed by atoms with Crippen LogP contribution in [0.5, 0.6) is 0 Å². The van der Waals surface area contributed by atoms with Crippen molar-refractivity contribution in [3.8, 4) is 6.07 Å². The molecule has 0 unspecified atom stereocenters. The highest BCUT2D eigenvalue weighted by Crippen LogP contribution is 2.37. The Morgan fingerprint density at radius 3 is 2.37 bits per heavy atom. The zero-order valence-corrected chi connectivity index (χ0v) is 17.2. The number of hydrogen-bond donors (Lipinski definition) is 0. The van der Waals surface area contributed by atoms with Crippen LogP contribution in [0.4, 0.5) is 0 Å². The van der Waals surface area contributed by atoms with Crippen molar-refractivity contribution >= 4 is 0 Å². The van der Waals surface area contributed by atoms with E-state index < -0.39 is 0 Å². The number of benzene rings is 1. The average Bonchev–Trinajstić information content (AvgIpc) is 2.72. The third-order valence-corrected chi connectivity index (χ3v) is 5.79. The highest BCUT2D eigenvalue weighted by molar-refractivity contribution is 5.33. The van der Waals surface area contributed by atoms with E-state index in [9.17, 15) is 0 Å². The average molecular weight is 368 g/mol. The summed E-state index contributed by atoms with van der Waals surface area (Å²) in [5.74, 6) is 1.60. The van der Waals surface area contributed by atoms with Gasteiger partial charge in [0.25, 0.3) is 0 Å². The van der Waals surface area contributed by atoms with Crippen molar-refractivity contribution in [1.82, 2.24) is 0 Å². The number of nitrogens with zero attached hydrogens (tertiary/aromatic N) is 1. The van der Waals surface area contributed by atoms with E-state index in [1.54, 1.807) is 0 Å². The molecule has 1 aliphatic carbocycles. The van der Waals surface area contributed by atoms with Gasteiger partial charge in [-0.05, 0) is 80.9 Å². The number of hydrogen-bond acceptors (Lipinski definition) is 2. The molecule has 1 saturated carbocycles. The Balaban J connectivity index is 1.47. The minimum atomic E-state index is 0.698. The molecule has 0 radical (unpaired) electrons. The smallest absolute Gasteiger partial charge is 0.0991 e. The zero-order chi connectivity index (χ0) is 19.2. The summed E-state index contributed by atoms with van der Waals surface area (Å²) in [7, 11) is 0. The Bertz CT molecular complexity index is 561. The van der Waals surface area contributed by atoms with Gasteiger partial charge in [0.1, 0.15) is 0 Å². The number of unbranched alkanes of at least 4 members (excludes halogenated alkanes) is 3. The molecule has 2 rings (SSSR count). The second kappa shape index (κ2) is 13.6. The molecule has 1 aromatic carbocycles. The van der Waals surface area contributed by atoms with Crippen molar-refractivity contribution in [1.29, 1.82) is 5.26 Å². The third-order valence-electron chi connectivity index (χ3n) is 5.79. The van der Waals surface area contributed by atoms with Crippen LogP contribution in [-0.2, 0) is 4.74 Å². The molecule has 2 heteroatoms. The largest absolute Gasteiger partial charge is 0.381 e. The molecule has 0 atom stereocenters. The van der Waals surface area contributed by atoms with Crippen LogP contribution in [0.25, 0.3) is 0 Å². The van der Waals surface area contributed by atoms with E-state index in [1.807, 2.05) is 12.1 Å². The molecular weight excluding hydrogens is 330 g/mol. The van der Waals surface area contributed by atoms with Crippen LogP contribution in [0.15, 0.2) is 36.4 Å². The van der Waals surface area contributed by atoms with Crippen LogP contribution in [0, 0.1) is 17.2 Å². The van der Waals surface area contributed by atoms with Crippen LogP contribution in [0.1, 0.15) is 94.6 Å². The number of rotatable bonds is 12. The van der Waals surface area contributed by atoms with Gasteiger partial charge in [0, 0.05) is 13.2 Å². The summed E-state index contributed by atoms with van der Waals surface area (Å²) in [6.07, 6.45) is 18.5. The minimum Gasteiger partial charge on any atom is -0.381 e. The second-order valence-corrected chi connectivity index (χ2v) is 7.96. The van der Waals surface area contributed by atoms with E-state index in [1.165, 1.54) is 63.4 Å². The highest BCUT2D eigenvalue weighted by Gasteiger charge is 2.21. The molecule has 0 bridgehead atoms. The highest BCUT2D eigenvalue weighted by atomic mass is 16.5. The molecule has 148 valence electrons. The summed E-state index contributed by atoms with van der Waals surface area (Å²) < 4.78 is 5.77.